The van der Waals surface area contributed by atoms with Crippen LogP contribution in [0.1, 0.15) is 52.7 Å². The topological polar surface area (TPSA) is 71.5 Å². The normalized spacial score (nSPS) is 17.3. The summed E-state index contributed by atoms with van der Waals surface area (Å²) in [5.41, 5.74) is 4.74. The molecule has 1 aliphatic heterocycles. The number of rotatable bonds is 6. The van der Waals surface area contributed by atoms with Gasteiger partial charge in [-0.05, 0) is 66.6 Å². The van der Waals surface area contributed by atoms with Gasteiger partial charge in [0.2, 0.25) is 0 Å². The molecule has 0 bridgehead atoms. The van der Waals surface area contributed by atoms with E-state index in [1.54, 1.807) is 11.3 Å². The largest absolute Gasteiger partial charge is 0.445 e. The summed E-state index contributed by atoms with van der Waals surface area (Å²) in [6.07, 6.45) is 3.69. The molecule has 3 aromatic carbocycles. The fourth-order valence-electron chi connectivity index (χ4n) is 4.62. The predicted octanol–water partition coefficient (Wildman–Crippen LogP) is 6.33. The van der Waals surface area contributed by atoms with Crippen molar-refractivity contribution in [3.8, 4) is 11.1 Å². The zero-order valence-electron chi connectivity index (χ0n) is 19.9. The highest BCUT2D eigenvalue weighted by atomic mass is 32.1. The van der Waals surface area contributed by atoms with E-state index in [0.717, 1.165) is 57.6 Å². The number of carbonyl (C=O) groups is 2. The first-order valence-corrected chi connectivity index (χ1v) is 13.2. The molecule has 6 nitrogen and oxygen atoms in total. The van der Waals surface area contributed by atoms with Gasteiger partial charge in [0, 0.05) is 18.2 Å². The molecule has 2 heterocycles. The number of hydrogen-bond acceptors (Lipinski definition) is 5. The van der Waals surface area contributed by atoms with E-state index in [9.17, 15) is 9.59 Å². The number of nitrogens with one attached hydrogen (secondary N) is 1. The fourth-order valence-corrected chi connectivity index (χ4v) is 5.77. The average molecular weight is 498 g/mol. The summed E-state index contributed by atoms with van der Waals surface area (Å²) in [4.78, 5) is 31.8. The molecule has 1 aromatic heterocycles. The summed E-state index contributed by atoms with van der Waals surface area (Å²) in [5, 5.41) is 3.98. The van der Waals surface area contributed by atoms with Crippen LogP contribution in [0.3, 0.4) is 0 Å². The summed E-state index contributed by atoms with van der Waals surface area (Å²) in [6.45, 7) is 0.952. The summed E-state index contributed by atoms with van der Waals surface area (Å²) in [7, 11) is 0. The first kappa shape index (κ1) is 22.7. The van der Waals surface area contributed by atoms with Crippen molar-refractivity contribution >= 4 is 33.6 Å². The lowest BCUT2D eigenvalue weighted by atomic mass is 10.0. The second kappa shape index (κ2) is 9.74. The summed E-state index contributed by atoms with van der Waals surface area (Å²) in [6, 6.07) is 24.0. The van der Waals surface area contributed by atoms with E-state index < -0.39 is 0 Å². The summed E-state index contributed by atoms with van der Waals surface area (Å²) < 4.78 is 6.69. The van der Waals surface area contributed by atoms with Crippen LogP contribution in [0.4, 0.5) is 4.79 Å². The standard InChI is InChI=1S/C29H27N3O3S/c33-27(30-23-13-14-23)21-10-8-20(9-11-21)22-12-15-24-26(17-22)36-28(31-24)25-7-4-16-32(25)29(34)35-18-19-5-2-1-3-6-19/h1-3,5-6,8-12,15,17,23,25H,4,7,13-14,16,18H2,(H,30,33). The minimum Gasteiger partial charge on any atom is -0.445 e. The number of ether oxygens (including phenoxy) is 1. The third-order valence-electron chi connectivity index (χ3n) is 6.78. The van der Waals surface area contributed by atoms with E-state index in [1.165, 1.54) is 0 Å². The van der Waals surface area contributed by atoms with Crippen molar-refractivity contribution in [2.24, 2.45) is 0 Å². The molecule has 0 radical (unpaired) electrons. The number of benzene rings is 3. The Bertz CT molecular complexity index is 1400. The van der Waals surface area contributed by atoms with E-state index in [-0.39, 0.29) is 24.6 Å². The zero-order chi connectivity index (χ0) is 24.5. The van der Waals surface area contributed by atoms with Crippen LogP contribution in [0, 0.1) is 0 Å². The number of likely N-dealkylation sites (tertiary alicyclic amines) is 1. The molecule has 1 saturated carbocycles. The monoisotopic (exact) mass is 497 g/mol. The Morgan fingerprint density at radius 1 is 0.972 bits per heavy atom. The quantitative estimate of drug-likeness (QED) is 0.338. The number of amides is 2. The highest BCUT2D eigenvalue weighted by Crippen LogP contribution is 2.38. The van der Waals surface area contributed by atoms with Crippen LogP contribution in [0.2, 0.25) is 0 Å². The van der Waals surface area contributed by atoms with Gasteiger partial charge in [0.1, 0.15) is 11.6 Å². The minimum absolute atomic E-state index is 0.00462. The molecule has 2 fully saturated rings. The molecule has 182 valence electrons. The van der Waals surface area contributed by atoms with Crippen molar-refractivity contribution in [2.45, 2.75) is 44.4 Å². The summed E-state index contributed by atoms with van der Waals surface area (Å²) in [5.74, 6) is -0.00462. The highest BCUT2D eigenvalue weighted by molar-refractivity contribution is 7.18. The van der Waals surface area contributed by atoms with Gasteiger partial charge < -0.3 is 10.1 Å². The van der Waals surface area contributed by atoms with Crippen molar-refractivity contribution < 1.29 is 14.3 Å². The fraction of sp³-hybridized carbons (Fsp3) is 0.276. The van der Waals surface area contributed by atoms with Crippen LogP contribution in [-0.2, 0) is 11.3 Å². The molecule has 0 spiro atoms. The van der Waals surface area contributed by atoms with Crippen molar-refractivity contribution in [1.82, 2.24) is 15.2 Å². The molecule has 7 heteroatoms. The Balaban J connectivity index is 1.17. The SMILES string of the molecule is O=C(NC1CC1)c1ccc(-c2ccc3nc(C4CCCN4C(=O)OCc4ccccc4)sc3c2)cc1. The number of aromatic nitrogens is 1. The minimum atomic E-state index is -0.285. The van der Waals surface area contributed by atoms with Gasteiger partial charge in [0.25, 0.3) is 5.91 Å². The molecule has 1 unspecified atom stereocenters. The van der Waals surface area contributed by atoms with Gasteiger partial charge in [-0.25, -0.2) is 9.78 Å². The molecule has 36 heavy (non-hydrogen) atoms. The Morgan fingerprint density at radius 2 is 1.75 bits per heavy atom. The molecule has 1 saturated heterocycles. The molecule has 1 aliphatic carbocycles. The van der Waals surface area contributed by atoms with Crippen molar-refractivity contribution in [3.05, 3.63) is 88.9 Å². The lowest BCUT2D eigenvalue weighted by Gasteiger charge is -2.22. The van der Waals surface area contributed by atoms with Gasteiger partial charge in [-0.1, -0.05) is 48.5 Å². The Hall–Kier alpha value is -3.71. The summed E-state index contributed by atoms with van der Waals surface area (Å²) >= 11 is 1.64. The maximum Gasteiger partial charge on any atom is 0.410 e. The van der Waals surface area contributed by atoms with Gasteiger partial charge >= 0.3 is 6.09 Å². The average Bonchev–Trinajstić information content (AvgIpc) is 3.41. The second-order valence-corrected chi connectivity index (χ2v) is 10.5. The van der Waals surface area contributed by atoms with E-state index in [1.807, 2.05) is 65.6 Å². The Morgan fingerprint density at radius 3 is 2.53 bits per heavy atom. The molecule has 1 atom stereocenters. The van der Waals surface area contributed by atoms with Gasteiger partial charge in [0.05, 0.1) is 16.3 Å². The van der Waals surface area contributed by atoms with Crippen LogP contribution < -0.4 is 5.32 Å². The van der Waals surface area contributed by atoms with E-state index >= 15 is 0 Å². The Labute approximate surface area is 213 Å². The molecule has 1 N–H and O–H groups in total. The number of fused-ring (bicyclic) bond motifs is 1. The predicted molar refractivity (Wildman–Crippen MR) is 141 cm³/mol. The number of hydrogen-bond donors (Lipinski definition) is 1. The van der Waals surface area contributed by atoms with Crippen LogP contribution in [0.5, 0.6) is 0 Å². The first-order valence-electron chi connectivity index (χ1n) is 12.4. The molecule has 2 amide bonds. The van der Waals surface area contributed by atoms with Crippen LogP contribution >= 0.6 is 11.3 Å². The lowest BCUT2D eigenvalue weighted by molar-refractivity contribution is 0.0919. The molecule has 6 rings (SSSR count). The molecule has 4 aromatic rings. The van der Waals surface area contributed by atoms with E-state index in [4.69, 9.17) is 9.72 Å². The molecule has 2 aliphatic rings. The third kappa shape index (κ3) is 4.84. The van der Waals surface area contributed by atoms with Gasteiger partial charge in [0.15, 0.2) is 0 Å². The lowest BCUT2D eigenvalue weighted by Crippen LogP contribution is -2.31. The van der Waals surface area contributed by atoms with Crippen molar-refractivity contribution in [1.29, 1.82) is 0 Å². The van der Waals surface area contributed by atoms with Gasteiger partial charge in [-0.2, -0.15) is 0 Å². The molecular weight excluding hydrogens is 470 g/mol. The van der Waals surface area contributed by atoms with Gasteiger partial charge in [-0.3, -0.25) is 9.69 Å². The van der Waals surface area contributed by atoms with Crippen LogP contribution in [-0.4, -0.2) is 34.5 Å². The van der Waals surface area contributed by atoms with Crippen LogP contribution in [0.15, 0.2) is 72.8 Å². The number of carbonyl (C=O) groups excluding carboxylic acids is 2. The Kier molecular flexibility index (Phi) is 6.15. The smallest absolute Gasteiger partial charge is 0.410 e. The first-order chi connectivity index (χ1) is 17.6. The maximum absolute atomic E-state index is 12.8. The van der Waals surface area contributed by atoms with E-state index in [2.05, 4.69) is 17.4 Å². The maximum atomic E-state index is 12.8. The van der Waals surface area contributed by atoms with Crippen molar-refractivity contribution in [2.75, 3.05) is 6.54 Å². The van der Waals surface area contributed by atoms with Gasteiger partial charge in [-0.15, -0.1) is 11.3 Å². The molecular formula is C29H27N3O3S. The second-order valence-electron chi connectivity index (χ2n) is 9.45. The van der Waals surface area contributed by atoms with E-state index in [0.29, 0.717) is 18.2 Å². The third-order valence-corrected chi connectivity index (χ3v) is 7.89. The highest BCUT2D eigenvalue weighted by Gasteiger charge is 2.33. The number of thiazole rings is 1. The number of nitrogens with zero attached hydrogens (tertiary/aromatic N) is 2. The van der Waals surface area contributed by atoms with Crippen LogP contribution in [0.25, 0.3) is 21.3 Å². The van der Waals surface area contributed by atoms with Crippen molar-refractivity contribution in [3.63, 3.8) is 0 Å². The zero-order valence-corrected chi connectivity index (χ0v) is 20.7.